The van der Waals surface area contributed by atoms with E-state index in [1.165, 1.54) is 25.7 Å². The van der Waals surface area contributed by atoms with E-state index in [2.05, 4.69) is 30.6 Å². The Balaban J connectivity index is 1.46. The van der Waals surface area contributed by atoms with Gasteiger partial charge in [0.05, 0.1) is 11.7 Å². The number of carbonyl (C=O) groups is 1. The molecule has 0 bridgehead atoms. The zero-order chi connectivity index (χ0) is 19.2. The van der Waals surface area contributed by atoms with Crippen molar-refractivity contribution in [1.82, 2.24) is 9.80 Å². The lowest BCUT2D eigenvalue weighted by atomic mass is 9.77. The van der Waals surface area contributed by atoms with E-state index >= 15 is 0 Å². The standard InChI is InChI=1S/C22H34N2O3/c1-16-18(13-19(27-16)21(2,3)4)20(25)23-10-6-8-22(15-23)9-11-24(22)14-17-7-5-12-26-17/h13,17H,5-12,14-15H2,1-4H3/t17-,22+/m0/s1. The first-order valence-corrected chi connectivity index (χ1v) is 10.6. The Kier molecular flexibility index (Phi) is 4.88. The van der Waals surface area contributed by atoms with Crippen LogP contribution in [0.1, 0.15) is 74.8 Å². The second-order valence-corrected chi connectivity index (χ2v) is 9.72. The summed E-state index contributed by atoms with van der Waals surface area (Å²) in [6.07, 6.45) is 6.23. The fourth-order valence-electron chi connectivity index (χ4n) is 4.89. The average Bonchev–Trinajstić information content (AvgIpc) is 3.27. The van der Waals surface area contributed by atoms with Crippen molar-refractivity contribution in [1.29, 1.82) is 0 Å². The smallest absolute Gasteiger partial charge is 0.257 e. The van der Waals surface area contributed by atoms with Crippen molar-refractivity contribution < 1.29 is 13.9 Å². The van der Waals surface area contributed by atoms with Gasteiger partial charge < -0.3 is 14.1 Å². The van der Waals surface area contributed by atoms with E-state index in [-0.39, 0.29) is 16.9 Å². The number of likely N-dealkylation sites (tertiary alicyclic amines) is 2. The summed E-state index contributed by atoms with van der Waals surface area (Å²) in [6, 6.07) is 1.96. The highest BCUT2D eigenvalue weighted by molar-refractivity contribution is 5.95. The molecule has 1 spiro atoms. The molecule has 3 fully saturated rings. The summed E-state index contributed by atoms with van der Waals surface area (Å²) < 4.78 is 11.8. The van der Waals surface area contributed by atoms with Crippen LogP contribution in [0.25, 0.3) is 0 Å². The van der Waals surface area contributed by atoms with Crippen LogP contribution in [0.2, 0.25) is 0 Å². The number of furan rings is 1. The average molecular weight is 375 g/mol. The number of hydrogen-bond donors (Lipinski definition) is 0. The summed E-state index contributed by atoms with van der Waals surface area (Å²) in [7, 11) is 0. The number of aryl methyl sites for hydroxylation is 1. The molecule has 2 atom stereocenters. The molecule has 3 saturated heterocycles. The Hall–Kier alpha value is -1.33. The maximum Gasteiger partial charge on any atom is 0.257 e. The molecule has 5 nitrogen and oxygen atoms in total. The molecular weight excluding hydrogens is 340 g/mol. The van der Waals surface area contributed by atoms with Crippen LogP contribution >= 0.6 is 0 Å². The van der Waals surface area contributed by atoms with Gasteiger partial charge in [-0.3, -0.25) is 9.69 Å². The SMILES string of the molecule is Cc1oc(C(C)(C)C)cc1C(=O)N1CCC[C@@]2(CCN2C[C@@H]2CCCO2)C1. The molecule has 150 valence electrons. The zero-order valence-electron chi connectivity index (χ0n) is 17.3. The number of ether oxygens (including phenoxy) is 1. The number of amides is 1. The number of hydrogen-bond acceptors (Lipinski definition) is 4. The van der Waals surface area contributed by atoms with Crippen molar-refractivity contribution in [2.75, 3.05) is 32.8 Å². The molecule has 0 N–H and O–H groups in total. The van der Waals surface area contributed by atoms with Gasteiger partial charge in [-0.25, -0.2) is 0 Å². The van der Waals surface area contributed by atoms with Crippen molar-refractivity contribution in [3.63, 3.8) is 0 Å². The highest BCUT2D eigenvalue weighted by Crippen LogP contribution is 2.40. The molecular formula is C22H34N2O3. The van der Waals surface area contributed by atoms with E-state index in [4.69, 9.17) is 9.15 Å². The molecule has 1 aromatic heterocycles. The van der Waals surface area contributed by atoms with Crippen LogP contribution in [0, 0.1) is 6.92 Å². The normalized spacial score (nSPS) is 29.3. The molecule has 0 radical (unpaired) electrons. The van der Waals surface area contributed by atoms with E-state index < -0.39 is 0 Å². The molecule has 0 aromatic carbocycles. The first kappa shape index (κ1) is 19.0. The maximum absolute atomic E-state index is 13.3. The fourth-order valence-corrected chi connectivity index (χ4v) is 4.89. The van der Waals surface area contributed by atoms with E-state index in [9.17, 15) is 4.79 Å². The van der Waals surface area contributed by atoms with Gasteiger partial charge in [-0.1, -0.05) is 20.8 Å². The fraction of sp³-hybridized carbons (Fsp3) is 0.773. The number of nitrogens with zero attached hydrogens (tertiary/aromatic N) is 2. The van der Waals surface area contributed by atoms with Crippen molar-refractivity contribution in [2.45, 2.75) is 76.9 Å². The minimum Gasteiger partial charge on any atom is -0.465 e. The maximum atomic E-state index is 13.3. The first-order valence-electron chi connectivity index (χ1n) is 10.6. The van der Waals surface area contributed by atoms with Gasteiger partial charge in [0.2, 0.25) is 0 Å². The summed E-state index contributed by atoms with van der Waals surface area (Å²) in [5, 5.41) is 0. The molecule has 1 amide bonds. The highest BCUT2D eigenvalue weighted by atomic mass is 16.5. The second kappa shape index (κ2) is 6.93. The highest BCUT2D eigenvalue weighted by Gasteiger charge is 2.49. The largest absolute Gasteiger partial charge is 0.465 e. The molecule has 27 heavy (non-hydrogen) atoms. The molecule has 0 aliphatic carbocycles. The van der Waals surface area contributed by atoms with Crippen LogP contribution in [-0.4, -0.2) is 60.1 Å². The first-order chi connectivity index (χ1) is 12.8. The summed E-state index contributed by atoms with van der Waals surface area (Å²) in [5.74, 6) is 1.77. The lowest BCUT2D eigenvalue weighted by Gasteiger charge is -2.57. The van der Waals surface area contributed by atoms with Crippen molar-refractivity contribution in [2.24, 2.45) is 0 Å². The Bertz CT molecular complexity index is 699. The third-order valence-corrected chi connectivity index (χ3v) is 6.70. The van der Waals surface area contributed by atoms with Gasteiger partial charge in [0.25, 0.3) is 5.91 Å². The monoisotopic (exact) mass is 374 g/mol. The molecule has 3 aliphatic heterocycles. The summed E-state index contributed by atoms with van der Waals surface area (Å²) in [4.78, 5) is 17.9. The minimum atomic E-state index is -0.0849. The molecule has 0 saturated carbocycles. The predicted octanol–water partition coefficient (Wildman–Crippen LogP) is 3.75. The van der Waals surface area contributed by atoms with Gasteiger partial charge >= 0.3 is 0 Å². The van der Waals surface area contributed by atoms with E-state index in [1.807, 2.05) is 13.0 Å². The molecule has 0 unspecified atom stereocenters. The van der Waals surface area contributed by atoms with Crippen LogP contribution < -0.4 is 0 Å². The second-order valence-electron chi connectivity index (χ2n) is 9.72. The van der Waals surface area contributed by atoms with Gasteiger partial charge in [-0.15, -0.1) is 0 Å². The van der Waals surface area contributed by atoms with Gasteiger partial charge in [-0.05, 0) is 45.1 Å². The van der Waals surface area contributed by atoms with Crippen molar-refractivity contribution in [3.05, 3.63) is 23.2 Å². The topological polar surface area (TPSA) is 45.9 Å². The summed E-state index contributed by atoms with van der Waals surface area (Å²) in [5.41, 5.74) is 0.824. The predicted molar refractivity (Wildman–Crippen MR) is 105 cm³/mol. The molecule has 4 heterocycles. The number of piperidine rings is 1. The number of carbonyl (C=O) groups excluding carboxylic acids is 1. The van der Waals surface area contributed by atoms with E-state index in [0.717, 1.165) is 56.3 Å². The third kappa shape index (κ3) is 3.56. The van der Waals surface area contributed by atoms with Gasteiger partial charge in [0, 0.05) is 43.7 Å². The Labute approximate surface area is 163 Å². The summed E-state index contributed by atoms with van der Waals surface area (Å²) in [6.45, 7) is 13.0. The van der Waals surface area contributed by atoms with Crippen LogP contribution in [0.4, 0.5) is 0 Å². The quantitative estimate of drug-likeness (QED) is 0.808. The Morgan fingerprint density at radius 3 is 2.67 bits per heavy atom. The third-order valence-electron chi connectivity index (χ3n) is 6.70. The van der Waals surface area contributed by atoms with Gasteiger partial charge in [0.1, 0.15) is 11.5 Å². The Morgan fingerprint density at radius 2 is 2.07 bits per heavy atom. The van der Waals surface area contributed by atoms with E-state index in [1.54, 1.807) is 0 Å². The minimum absolute atomic E-state index is 0.0849. The molecule has 3 aliphatic rings. The van der Waals surface area contributed by atoms with Crippen LogP contribution in [0.3, 0.4) is 0 Å². The van der Waals surface area contributed by atoms with Crippen LogP contribution in [0.15, 0.2) is 10.5 Å². The molecule has 1 aromatic rings. The van der Waals surface area contributed by atoms with E-state index in [0.29, 0.717) is 6.10 Å². The Morgan fingerprint density at radius 1 is 1.26 bits per heavy atom. The van der Waals surface area contributed by atoms with Gasteiger partial charge in [-0.2, -0.15) is 0 Å². The van der Waals surface area contributed by atoms with Crippen molar-refractivity contribution in [3.8, 4) is 0 Å². The number of rotatable bonds is 3. The summed E-state index contributed by atoms with van der Waals surface area (Å²) >= 11 is 0. The van der Waals surface area contributed by atoms with Gasteiger partial charge in [0.15, 0.2) is 0 Å². The molecule has 4 rings (SSSR count). The van der Waals surface area contributed by atoms with Crippen LogP contribution in [-0.2, 0) is 10.2 Å². The van der Waals surface area contributed by atoms with Crippen molar-refractivity contribution >= 4 is 5.91 Å². The lowest BCUT2D eigenvalue weighted by molar-refractivity contribution is -0.0807. The van der Waals surface area contributed by atoms with Crippen LogP contribution in [0.5, 0.6) is 0 Å². The lowest BCUT2D eigenvalue weighted by Crippen LogP contribution is -2.68. The zero-order valence-corrected chi connectivity index (χ0v) is 17.3. The molecule has 5 heteroatoms.